The number of hydrogen-bond donors (Lipinski definition) is 5. The molecule has 7 aromatic rings. The zero-order valence-electron chi connectivity index (χ0n) is 35.5. The normalized spacial score (nSPS) is 17.2. The van der Waals surface area contributed by atoms with E-state index in [9.17, 15) is 24.3 Å². The van der Waals surface area contributed by atoms with E-state index in [2.05, 4.69) is 84.9 Å². The summed E-state index contributed by atoms with van der Waals surface area (Å²) in [6.07, 6.45) is 4.88. The first kappa shape index (κ1) is 42.5. The van der Waals surface area contributed by atoms with Crippen molar-refractivity contribution in [3.05, 3.63) is 119 Å². The maximum Gasteiger partial charge on any atom is 0.407 e. The van der Waals surface area contributed by atoms with Crippen LogP contribution in [0, 0.1) is 5.92 Å². The first-order valence-corrected chi connectivity index (χ1v) is 23.1. The number of carbonyl (C=O) groups is 4. The first-order chi connectivity index (χ1) is 31.1. The van der Waals surface area contributed by atoms with Crippen molar-refractivity contribution in [3.63, 3.8) is 0 Å². The number of aromatic nitrogens is 4. The minimum absolute atomic E-state index is 0.187. The molecule has 14 nitrogen and oxygen atoms in total. The molecule has 2 fully saturated rings. The topological polar surface area (TPSA) is 186 Å². The molecule has 2 saturated heterocycles. The summed E-state index contributed by atoms with van der Waals surface area (Å²) in [4.78, 5) is 70.9. The second kappa shape index (κ2) is 18.1. The second-order valence-corrected chi connectivity index (χ2v) is 18.3. The largest absolute Gasteiger partial charge is 0.465 e. The maximum absolute atomic E-state index is 14.0. The van der Waals surface area contributed by atoms with E-state index < -0.39 is 24.3 Å². The van der Waals surface area contributed by atoms with Gasteiger partial charge in [0, 0.05) is 35.0 Å². The molecule has 4 atom stereocenters. The molecule has 0 spiro atoms. The van der Waals surface area contributed by atoms with Crippen LogP contribution in [0.5, 0.6) is 0 Å². The van der Waals surface area contributed by atoms with Gasteiger partial charge in [0.25, 0.3) is 5.91 Å². The van der Waals surface area contributed by atoms with Gasteiger partial charge < -0.3 is 40.2 Å². The average Bonchev–Trinajstić information content (AvgIpc) is 4.17. The number of carboxylic acid groups (broad SMARTS) is 1. The Kier molecular flexibility index (Phi) is 12.0. The van der Waals surface area contributed by atoms with Gasteiger partial charge in [-0.05, 0) is 59.4 Å². The molecule has 3 aromatic carbocycles. The van der Waals surface area contributed by atoms with Crippen molar-refractivity contribution in [2.24, 2.45) is 5.92 Å². The lowest BCUT2D eigenvalue weighted by molar-refractivity contribution is -0.135. The molecule has 4 aromatic heterocycles. The quantitative estimate of drug-likeness (QED) is 0.0802. The molecule has 2 aliphatic heterocycles. The van der Waals surface area contributed by atoms with Gasteiger partial charge in [-0.3, -0.25) is 9.59 Å². The molecule has 9 rings (SSSR count). The minimum atomic E-state index is -1.21. The highest BCUT2D eigenvalue weighted by atomic mass is 32.1. The third kappa shape index (κ3) is 8.38. The van der Waals surface area contributed by atoms with Crippen molar-refractivity contribution >= 4 is 56.1 Å². The number of benzene rings is 3. The van der Waals surface area contributed by atoms with Crippen LogP contribution >= 0.6 is 22.7 Å². The zero-order chi connectivity index (χ0) is 44.5. The maximum atomic E-state index is 14.0. The van der Waals surface area contributed by atoms with Gasteiger partial charge in [0.1, 0.15) is 23.7 Å². The number of H-pyrrole nitrogens is 2. The molecular formula is C48H48N8O6S2. The standard InChI is InChI=1S/C48H48N8O6S2/c1-27(2)39(53-47(59)60)45(57)55-21-7-11-37(55)43-49-23-35(51-43)30-17-13-28(14-18-30)33-25-63-42-34(26-64-41(33)42)29-15-19-31(20-16-29)36-24-50-44(52-36)38-12-8-22-56(38)46(58)40(54-48(61)62-3)32-9-5-4-6-10-32/h4-6,9-10,13-20,23-27,37-40,53H,7-8,11-12,21-22H2,1-3H3,(H,49,51)(H,50,52)(H,54,61)(H,59,60)/t37?,38?,39-,40+/m0/s1. The Bertz CT molecular complexity index is 2800. The van der Waals surface area contributed by atoms with Crippen LogP contribution in [0.1, 0.15) is 74.9 Å². The number of rotatable bonds is 12. The number of fused-ring (bicyclic) bond motifs is 1. The van der Waals surface area contributed by atoms with Gasteiger partial charge in [-0.15, -0.1) is 22.7 Å². The zero-order valence-corrected chi connectivity index (χ0v) is 37.2. The van der Waals surface area contributed by atoms with Crippen LogP contribution in [-0.4, -0.2) is 85.1 Å². The summed E-state index contributed by atoms with van der Waals surface area (Å²) >= 11 is 3.47. The van der Waals surface area contributed by atoms with Gasteiger partial charge in [0.05, 0.1) is 52.4 Å². The van der Waals surface area contributed by atoms with Crippen LogP contribution in [0.4, 0.5) is 9.59 Å². The lowest BCUT2D eigenvalue weighted by Gasteiger charge is -2.29. The van der Waals surface area contributed by atoms with Crippen LogP contribution in [0.2, 0.25) is 0 Å². The monoisotopic (exact) mass is 896 g/mol. The minimum Gasteiger partial charge on any atom is -0.465 e. The first-order valence-electron chi connectivity index (χ1n) is 21.4. The number of carbonyl (C=O) groups excluding carboxylic acids is 3. The van der Waals surface area contributed by atoms with Crippen molar-refractivity contribution < 1.29 is 29.0 Å². The number of thiophene rings is 2. The number of imidazole rings is 2. The molecule has 0 bridgehead atoms. The van der Waals surface area contributed by atoms with Gasteiger partial charge in [0.2, 0.25) is 5.91 Å². The van der Waals surface area contributed by atoms with Crippen LogP contribution in [-0.2, 0) is 14.3 Å². The second-order valence-electron chi connectivity index (χ2n) is 16.5. The van der Waals surface area contributed by atoms with Crippen molar-refractivity contribution in [1.29, 1.82) is 0 Å². The van der Waals surface area contributed by atoms with E-state index in [1.165, 1.54) is 27.6 Å². The molecule has 2 aliphatic rings. The average molecular weight is 897 g/mol. The predicted molar refractivity (Wildman–Crippen MR) is 248 cm³/mol. The molecule has 0 saturated carbocycles. The van der Waals surface area contributed by atoms with Gasteiger partial charge in [-0.2, -0.15) is 0 Å². The Hall–Kier alpha value is -6.78. The van der Waals surface area contributed by atoms with Gasteiger partial charge in [0.15, 0.2) is 0 Å². The number of amides is 4. The van der Waals surface area contributed by atoms with Gasteiger partial charge in [-0.1, -0.05) is 92.7 Å². The summed E-state index contributed by atoms with van der Waals surface area (Å²) in [6, 6.07) is 23.9. The van der Waals surface area contributed by atoms with Crippen LogP contribution in [0.25, 0.3) is 54.2 Å². The number of alkyl carbamates (subject to hydrolysis) is 1. The third-order valence-corrected chi connectivity index (χ3v) is 14.4. The van der Waals surface area contributed by atoms with Crippen LogP contribution in [0.3, 0.4) is 0 Å². The molecule has 328 valence electrons. The summed E-state index contributed by atoms with van der Waals surface area (Å²) in [5.41, 5.74) is 8.95. The summed E-state index contributed by atoms with van der Waals surface area (Å²) in [5.74, 6) is 0.787. The van der Waals surface area contributed by atoms with E-state index in [0.717, 1.165) is 59.3 Å². The smallest absolute Gasteiger partial charge is 0.407 e. The predicted octanol–water partition coefficient (Wildman–Crippen LogP) is 9.79. The number of aromatic amines is 2. The van der Waals surface area contributed by atoms with Crippen LogP contribution in [0.15, 0.2) is 102 Å². The molecule has 6 heterocycles. The van der Waals surface area contributed by atoms with E-state index in [1.807, 2.05) is 50.4 Å². The molecular weight excluding hydrogens is 849 g/mol. The van der Waals surface area contributed by atoms with E-state index in [0.29, 0.717) is 30.3 Å². The van der Waals surface area contributed by atoms with Crippen LogP contribution < -0.4 is 10.6 Å². The molecule has 4 amide bonds. The highest BCUT2D eigenvalue weighted by molar-refractivity contribution is 7.27. The van der Waals surface area contributed by atoms with Crippen molar-refractivity contribution in [1.82, 2.24) is 40.4 Å². The molecule has 5 N–H and O–H groups in total. The van der Waals surface area contributed by atoms with Gasteiger partial charge in [-0.25, -0.2) is 19.6 Å². The highest BCUT2D eigenvalue weighted by Gasteiger charge is 2.38. The number of methoxy groups -OCH3 is 1. The third-order valence-electron chi connectivity index (χ3n) is 12.2. The number of ether oxygens (including phenoxy) is 1. The lowest BCUT2D eigenvalue weighted by atomic mass is 10.0. The Morgan fingerprint density at radius 3 is 1.66 bits per heavy atom. The number of nitrogens with one attached hydrogen (secondary N) is 4. The van der Waals surface area contributed by atoms with Gasteiger partial charge >= 0.3 is 12.2 Å². The fourth-order valence-electron chi connectivity index (χ4n) is 8.91. The SMILES string of the molecule is COC(=O)N[C@@H](C(=O)N1CCCC1c1ncc(-c2ccc(-c3csc4c(-c5ccc(-c6cnc(C7CCCN7C(=O)[C@@H](NC(=O)O)C(C)C)[nH]6)cc5)csc34)cc2)[nH]1)c1ccccc1. The Morgan fingerprint density at radius 2 is 1.19 bits per heavy atom. The van der Waals surface area contributed by atoms with E-state index in [1.54, 1.807) is 38.7 Å². The van der Waals surface area contributed by atoms with Crippen molar-refractivity contribution in [3.8, 4) is 44.8 Å². The van der Waals surface area contributed by atoms with E-state index in [4.69, 9.17) is 9.72 Å². The molecule has 0 aliphatic carbocycles. The van der Waals surface area contributed by atoms with Crippen molar-refractivity contribution in [2.45, 2.75) is 63.7 Å². The van der Waals surface area contributed by atoms with E-state index >= 15 is 0 Å². The number of hydrogen-bond acceptors (Lipinski definition) is 9. The Morgan fingerprint density at radius 1 is 0.703 bits per heavy atom. The summed E-state index contributed by atoms with van der Waals surface area (Å²) < 4.78 is 7.30. The molecule has 16 heteroatoms. The Balaban J connectivity index is 0.873. The number of likely N-dealkylation sites (tertiary alicyclic amines) is 2. The number of nitrogens with zero attached hydrogens (tertiary/aromatic N) is 4. The highest BCUT2D eigenvalue weighted by Crippen LogP contribution is 2.45. The fourth-order valence-corrected chi connectivity index (χ4v) is 11.4. The fraction of sp³-hybridized carbons (Fsp3) is 0.292. The molecule has 2 unspecified atom stereocenters. The summed E-state index contributed by atoms with van der Waals surface area (Å²) in [7, 11) is 1.28. The lowest BCUT2D eigenvalue weighted by Crippen LogP contribution is -2.50. The van der Waals surface area contributed by atoms with Crippen molar-refractivity contribution in [2.75, 3.05) is 20.2 Å². The Labute approximate surface area is 377 Å². The van der Waals surface area contributed by atoms with E-state index in [-0.39, 0.29) is 29.8 Å². The molecule has 64 heavy (non-hydrogen) atoms. The summed E-state index contributed by atoms with van der Waals surface area (Å²) in [6.45, 7) is 4.79. The summed E-state index contributed by atoms with van der Waals surface area (Å²) in [5, 5.41) is 18.9. The molecule has 0 radical (unpaired) electrons.